The first-order valence-corrected chi connectivity index (χ1v) is 8.70. The predicted molar refractivity (Wildman–Crippen MR) is 78.1 cm³/mol. The van der Waals surface area contributed by atoms with Crippen LogP contribution < -0.4 is 9.46 Å². The summed E-state index contributed by atoms with van der Waals surface area (Å²) in [6.45, 7) is 0.317. The average Bonchev–Trinajstić information content (AvgIpc) is 2.42. The van der Waals surface area contributed by atoms with Crippen molar-refractivity contribution in [2.24, 2.45) is 0 Å². The normalized spacial score (nSPS) is 11.3. The third-order valence-electron chi connectivity index (χ3n) is 2.53. The molecule has 0 radical (unpaired) electrons. The van der Waals surface area contributed by atoms with Gasteiger partial charge in [-0.2, -0.15) is 11.8 Å². The number of thioether (sulfide) groups is 1. The lowest BCUT2D eigenvalue weighted by Crippen LogP contribution is -2.25. The molecule has 0 spiro atoms. The van der Waals surface area contributed by atoms with Gasteiger partial charge in [0.2, 0.25) is 10.0 Å². The Hall–Kier alpha value is -1.25. The molecule has 0 unspecified atom stereocenters. The monoisotopic (exact) mass is 319 g/mol. The molecule has 0 fully saturated rings. The lowest BCUT2D eigenvalue weighted by atomic mass is 10.2. The van der Waals surface area contributed by atoms with Gasteiger partial charge in [-0.3, -0.25) is 0 Å². The minimum atomic E-state index is -3.70. The maximum absolute atomic E-state index is 12.0. The Morgan fingerprint density at radius 3 is 2.70 bits per heavy atom. The van der Waals surface area contributed by atoms with Crippen molar-refractivity contribution in [1.82, 2.24) is 4.72 Å². The van der Waals surface area contributed by atoms with Crippen LogP contribution in [0.2, 0.25) is 0 Å². The summed E-state index contributed by atoms with van der Waals surface area (Å²) in [7, 11) is -2.37. The first kappa shape index (κ1) is 16.8. The van der Waals surface area contributed by atoms with Gasteiger partial charge in [0.05, 0.1) is 12.0 Å². The van der Waals surface area contributed by atoms with E-state index in [1.54, 1.807) is 11.8 Å². The quantitative estimate of drug-likeness (QED) is 0.704. The van der Waals surface area contributed by atoms with Gasteiger partial charge in [0.1, 0.15) is 11.3 Å². The zero-order valence-corrected chi connectivity index (χ0v) is 12.9. The highest BCUT2D eigenvalue weighted by Crippen LogP contribution is 2.22. The maximum atomic E-state index is 12.0. The Morgan fingerprint density at radius 1 is 1.45 bits per heavy atom. The van der Waals surface area contributed by atoms with Gasteiger partial charge in [-0.15, -0.1) is 0 Å². The molecule has 1 aromatic rings. The van der Waals surface area contributed by atoms with Crippen molar-refractivity contribution in [3.63, 3.8) is 0 Å². The number of sulfonamides is 1. The molecule has 0 saturated heterocycles. The van der Waals surface area contributed by atoms with Crippen LogP contribution in [0.25, 0.3) is 0 Å². The van der Waals surface area contributed by atoms with Crippen LogP contribution in [0.4, 0.5) is 0 Å². The third kappa shape index (κ3) is 4.39. The van der Waals surface area contributed by atoms with Crippen LogP contribution in [0.3, 0.4) is 0 Å². The first-order valence-electron chi connectivity index (χ1n) is 5.82. The highest BCUT2D eigenvalue weighted by atomic mass is 32.2. The number of nitrogens with one attached hydrogen (secondary N) is 1. The number of hydrogen-bond donors (Lipinski definition) is 2. The predicted octanol–water partition coefficient (Wildman–Crippen LogP) is 1.42. The molecule has 0 bridgehead atoms. The fourth-order valence-electron chi connectivity index (χ4n) is 1.53. The molecule has 6 nitrogen and oxygen atoms in total. The summed E-state index contributed by atoms with van der Waals surface area (Å²) in [5.74, 6) is -0.258. The van der Waals surface area contributed by atoms with Crippen LogP contribution in [-0.2, 0) is 10.0 Å². The van der Waals surface area contributed by atoms with E-state index in [9.17, 15) is 13.2 Å². The summed E-state index contributed by atoms with van der Waals surface area (Å²) in [6, 6.07) is 3.75. The molecule has 0 saturated carbocycles. The second kappa shape index (κ2) is 7.51. The molecule has 0 heterocycles. The largest absolute Gasteiger partial charge is 0.496 e. The molecule has 1 rings (SSSR count). The van der Waals surface area contributed by atoms with E-state index < -0.39 is 16.0 Å². The van der Waals surface area contributed by atoms with E-state index >= 15 is 0 Å². The Kier molecular flexibility index (Phi) is 6.31. The smallest absolute Gasteiger partial charge is 0.339 e. The van der Waals surface area contributed by atoms with E-state index in [1.165, 1.54) is 19.2 Å². The van der Waals surface area contributed by atoms with Crippen molar-refractivity contribution in [2.75, 3.05) is 25.7 Å². The van der Waals surface area contributed by atoms with Gasteiger partial charge in [0, 0.05) is 6.54 Å². The van der Waals surface area contributed by atoms with Crippen molar-refractivity contribution in [1.29, 1.82) is 0 Å². The molecular formula is C12H17NO5S2. The molecule has 0 atom stereocenters. The molecule has 0 aliphatic rings. The zero-order chi connectivity index (χ0) is 15.2. The highest BCUT2D eigenvalue weighted by Gasteiger charge is 2.18. The number of methoxy groups -OCH3 is 1. The summed E-state index contributed by atoms with van der Waals surface area (Å²) in [6.07, 6.45) is 2.65. The summed E-state index contributed by atoms with van der Waals surface area (Å²) >= 11 is 1.63. The van der Waals surface area contributed by atoms with Crippen molar-refractivity contribution in [3.8, 4) is 5.75 Å². The van der Waals surface area contributed by atoms with Gasteiger partial charge in [-0.1, -0.05) is 0 Å². The zero-order valence-electron chi connectivity index (χ0n) is 11.3. The molecule has 0 amide bonds. The van der Waals surface area contributed by atoms with Crippen molar-refractivity contribution in [3.05, 3.63) is 23.8 Å². The minimum absolute atomic E-state index is 0.0835. The van der Waals surface area contributed by atoms with E-state index in [4.69, 9.17) is 9.84 Å². The van der Waals surface area contributed by atoms with E-state index in [2.05, 4.69) is 4.72 Å². The van der Waals surface area contributed by atoms with Crippen LogP contribution in [0.15, 0.2) is 23.1 Å². The van der Waals surface area contributed by atoms with Crippen LogP contribution in [0.5, 0.6) is 5.75 Å². The highest BCUT2D eigenvalue weighted by molar-refractivity contribution is 7.98. The number of benzene rings is 1. The number of carboxylic acid groups (broad SMARTS) is 1. The molecule has 20 heavy (non-hydrogen) atoms. The first-order chi connectivity index (χ1) is 9.42. The number of carboxylic acids is 1. The second-order valence-corrected chi connectivity index (χ2v) is 6.66. The Bertz CT molecular complexity index is 571. The summed E-state index contributed by atoms with van der Waals surface area (Å²) in [5.41, 5.74) is -0.181. The van der Waals surface area contributed by atoms with Gasteiger partial charge in [-0.25, -0.2) is 17.9 Å². The molecule has 2 N–H and O–H groups in total. The van der Waals surface area contributed by atoms with E-state index in [0.29, 0.717) is 13.0 Å². The fourth-order valence-corrected chi connectivity index (χ4v) is 3.06. The second-order valence-electron chi connectivity index (χ2n) is 3.91. The van der Waals surface area contributed by atoms with Gasteiger partial charge >= 0.3 is 5.97 Å². The number of hydrogen-bond acceptors (Lipinski definition) is 5. The molecule has 0 aliphatic carbocycles. The van der Waals surface area contributed by atoms with Crippen LogP contribution >= 0.6 is 11.8 Å². The third-order valence-corrected chi connectivity index (χ3v) is 4.68. The Morgan fingerprint density at radius 2 is 2.15 bits per heavy atom. The Labute approximate surface area is 122 Å². The molecule has 8 heteroatoms. The Balaban J connectivity index is 2.95. The van der Waals surface area contributed by atoms with Crippen LogP contribution in [0.1, 0.15) is 16.8 Å². The van der Waals surface area contributed by atoms with Gasteiger partial charge in [0.15, 0.2) is 0 Å². The molecular weight excluding hydrogens is 302 g/mol. The minimum Gasteiger partial charge on any atom is -0.496 e. The van der Waals surface area contributed by atoms with E-state index in [0.717, 1.165) is 11.8 Å². The summed E-state index contributed by atoms with van der Waals surface area (Å²) < 4.78 is 31.4. The fraction of sp³-hybridized carbons (Fsp3) is 0.417. The van der Waals surface area contributed by atoms with Crippen molar-refractivity contribution >= 4 is 27.8 Å². The van der Waals surface area contributed by atoms with Crippen molar-refractivity contribution in [2.45, 2.75) is 11.3 Å². The van der Waals surface area contributed by atoms with Gasteiger partial charge in [0.25, 0.3) is 0 Å². The standard InChI is InChI=1S/C12H17NO5S2/c1-18-11-5-4-9(8-10(11)12(14)15)20(16,17)13-6-3-7-19-2/h4-5,8,13H,3,6-7H2,1-2H3,(H,14,15). The molecule has 112 valence electrons. The summed E-state index contributed by atoms with van der Waals surface area (Å²) in [4.78, 5) is 11.0. The molecule has 0 aromatic heterocycles. The topological polar surface area (TPSA) is 92.7 Å². The number of carbonyl (C=O) groups is 1. The number of ether oxygens (including phenoxy) is 1. The van der Waals surface area contributed by atoms with Crippen LogP contribution in [0, 0.1) is 0 Å². The number of aromatic carboxylic acids is 1. The average molecular weight is 319 g/mol. The van der Waals surface area contributed by atoms with E-state index in [1.807, 2.05) is 6.26 Å². The maximum Gasteiger partial charge on any atom is 0.339 e. The van der Waals surface area contributed by atoms with Crippen molar-refractivity contribution < 1.29 is 23.1 Å². The van der Waals surface area contributed by atoms with Gasteiger partial charge < -0.3 is 9.84 Å². The van der Waals surface area contributed by atoms with Gasteiger partial charge in [-0.05, 0) is 36.6 Å². The number of rotatable bonds is 8. The molecule has 1 aromatic carbocycles. The van der Waals surface area contributed by atoms with Crippen LogP contribution in [-0.4, -0.2) is 45.2 Å². The van der Waals surface area contributed by atoms with E-state index in [-0.39, 0.29) is 16.2 Å². The lowest BCUT2D eigenvalue weighted by molar-refractivity contribution is 0.0693. The summed E-state index contributed by atoms with van der Waals surface area (Å²) in [5, 5.41) is 9.03. The lowest BCUT2D eigenvalue weighted by Gasteiger charge is -2.09. The SMILES string of the molecule is COc1ccc(S(=O)(=O)NCCCSC)cc1C(=O)O. The molecule has 0 aliphatic heterocycles.